The van der Waals surface area contributed by atoms with Gasteiger partial charge < -0.3 is 18.9 Å². The minimum Gasteiger partial charge on any atom is -0.493 e. The molecule has 1 aromatic rings. The molecule has 1 aromatic carbocycles. The minimum absolute atomic E-state index is 0.0922. The summed E-state index contributed by atoms with van der Waals surface area (Å²) in [5, 5.41) is 0.708. The van der Waals surface area contributed by atoms with E-state index in [4.69, 9.17) is 30.5 Å². The molecule has 0 bridgehead atoms. The maximum Gasteiger partial charge on any atom is 0.179 e. The number of fused-ring (bicyclic) bond motifs is 3. The molecule has 3 aliphatic rings. The lowest BCUT2D eigenvalue weighted by molar-refractivity contribution is -0.0971. The Balaban J connectivity index is 0.000000500. The Labute approximate surface area is 174 Å². The second-order valence-corrected chi connectivity index (χ2v) is 9.03. The SMILES string of the molecule is C1COC1.COc1cc2c(c(Cl)c1OC)CCN1CC(OC(C)(C)C)CCC21. The van der Waals surface area contributed by atoms with Gasteiger partial charge in [0, 0.05) is 32.3 Å². The van der Waals surface area contributed by atoms with E-state index in [2.05, 4.69) is 31.7 Å². The molecule has 3 heterocycles. The summed E-state index contributed by atoms with van der Waals surface area (Å²) < 4.78 is 21.9. The quantitative estimate of drug-likeness (QED) is 0.724. The van der Waals surface area contributed by atoms with Crippen LogP contribution in [-0.2, 0) is 15.9 Å². The molecular formula is C22H34ClNO4. The Bertz CT molecular complexity index is 665. The van der Waals surface area contributed by atoms with E-state index in [1.807, 2.05) is 0 Å². The molecule has 0 amide bonds. The van der Waals surface area contributed by atoms with E-state index >= 15 is 0 Å². The molecule has 0 spiro atoms. The molecule has 0 radical (unpaired) electrons. The smallest absolute Gasteiger partial charge is 0.179 e. The molecule has 0 aromatic heterocycles. The molecule has 2 saturated heterocycles. The first-order chi connectivity index (χ1) is 13.3. The monoisotopic (exact) mass is 411 g/mol. The van der Waals surface area contributed by atoms with Gasteiger partial charge in [0.15, 0.2) is 11.5 Å². The van der Waals surface area contributed by atoms with E-state index in [0.717, 1.165) is 51.3 Å². The molecule has 3 aliphatic heterocycles. The third-order valence-electron chi connectivity index (χ3n) is 5.49. The second kappa shape index (κ2) is 9.21. The maximum absolute atomic E-state index is 6.61. The van der Waals surface area contributed by atoms with Crippen LogP contribution in [0.2, 0.25) is 5.02 Å². The van der Waals surface area contributed by atoms with Crippen LogP contribution in [-0.4, -0.2) is 57.1 Å². The second-order valence-electron chi connectivity index (χ2n) is 8.65. The lowest BCUT2D eigenvalue weighted by Crippen LogP contribution is -2.47. The van der Waals surface area contributed by atoms with Gasteiger partial charge in [-0.05, 0) is 63.6 Å². The molecule has 2 unspecified atom stereocenters. The average molecular weight is 412 g/mol. The van der Waals surface area contributed by atoms with Gasteiger partial charge in [-0.25, -0.2) is 0 Å². The van der Waals surface area contributed by atoms with Crippen molar-refractivity contribution in [2.75, 3.05) is 40.5 Å². The zero-order chi connectivity index (χ0) is 20.3. The van der Waals surface area contributed by atoms with Crippen molar-refractivity contribution in [3.63, 3.8) is 0 Å². The van der Waals surface area contributed by atoms with Crippen molar-refractivity contribution in [3.8, 4) is 11.5 Å². The van der Waals surface area contributed by atoms with Gasteiger partial charge in [0.1, 0.15) is 0 Å². The number of piperidine rings is 1. The van der Waals surface area contributed by atoms with Crippen LogP contribution in [0.1, 0.15) is 57.2 Å². The highest BCUT2D eigenvalue weighted by Gasteiger charge is 2.37. The Morgan fingerprint density at radius 2 is 1.82 bits per heavy atom. The summed E-state index contributed by atoms with van der Waals surface area (Å²) in [6, 6.07) is 2.51. The summed E-state index contributed by atoms with van der Waals surface area (Å²) in [4.78, 5) is 2.53. The molecule has 5 nitrogen and oxygen atoms in total. The molecule has 0 aliphatic carbocycles. The van der Waals surface area contributed by atoms with E-state index in [9.17, 15) is 0 Å². The summed E-state index contributed by atoms with van der Waals surface area (Å²) >= 11 is 6.61. The summed E-state index contributed by atoms with van der Waals surface area (Å²) in [5.74, 6) is 1.37. The van der Waals surface area contributed by atoms with Crippen LogP contribution >= 0.6 is 11.6 Å². The summed E-state index contributed by atoms with van der Waals surface area (Å²) in [6.07, 6.45) is 4.68. The van der Waals surface area contributed by atoms with Crippen LogP contribution < -0.4 is 9.47 Å². The third-order valence-corrected chi connectivity index (χ3v) is 5.89. The van der Waals surface area contributed by atoms with Crippen molar-refractivity contribution in [2.45, 2.75) is 64.2 Å². The van der Waals surface area contributed by atoms with Crippen molar-refractivity contribution in [2.24, 2.45) is 0 Å². The molecule has 2 atom stereocenters. The summed E-state index contributed by atoms with van der Waals surface area (Å²) in [7, 11) is 3.30. The van der Waals surface area contributed by atoms with Crippen LogP contribution in [0, 0.1) is 0 Å². The van der Waals surface area contributed by atoms with Gasteiger partial charge in [-0.15, -0.1) is 0 Å². The number of methoxy groups -OCH3 is 2. The van der Waals surface area contributed by atoms with E-state index in [1.54, 1.807) is 14.2 Å². The minimum atomic E-state index is -0.0922. The van der Waals surface area contributed by atoms with Crippen molar-refractivity contribution < 1.29 is 18.9 Å². The number of hydrogen-bond acceptors (Lipinski definition) is 5. The highest BCUT2D eigenvalue weighted by Crippen LogP contribution is 2.47. The van der Waals surface area contributed by atoms with Gasteiger partial charge in [-0.3, -0.25) is 4.90 Å². The van der Waals surface area contributed by atoms with Crippen molar-refractivity contribution in [1.29, 1.82) is 0 Å². The fourth-order valence-corrected chi connectivity index (χ4v) is 4.53. The molecule has 6 heteroatoms. The number of benzene rings is 1. The van der Waals surface area contributed by atoms with Crippen molar-refractivity contribution in [3.05, 3.63) is 22.2 Å². The molecule has 28 heavy (non-hydrogen) atoms. The lowest BCUT2D eigenvalue weighted by Gasteiger charge is -2.45. The van der Waals surface area contributed by atoms with Crippen LogP contribution in [0.3, 0.4) is 0 Å². The van der Waals surface area contributed by atoms with Crippen molar-refractivity contribution >= 4 is 11.6 Å². The first-order valence-electron chi connectivity index (χ1n) is 10.3. The third kappa shape index (κ3) is 4.93. The van der Waals surface area contributed by atoms with E-state index in [0.29, 0.717) is 22.9 Å². The molecule has 4 rings (SSSR count). The van der Waals surface area contributed by atoms with Crippen LogP contribution in [0.15, 0.2) is 6.07 Å². The van der Waals surface area contributed by atoms with Crippen LogP contribution in [0.5, 0.6) is 11.5 Å². The molecule has 0 saturated carbocycles. The highest BCUT2D eigenvalue weighted by atomic mass is 35.5. The average Bonchev–Trinajstić information content (AvgIpc) is 2.58. The standard InChI is InChI=1S/C19H28ClNO3.C3H6O/c1-19(2,3)24-12-6-7-15-14-10-16(22-4)18(23-5)17(20)13(14)8-9-21(15)11-12;1-2-4-3-1/h10,12,15H,6-9,11H2,1-5H3;1-3H2. The molecule has 0 N–H and O–H groups in total. The fraction of sp³-hybridized carbons (Fsp3) is 0.727. The van der Waals surface area contributed by atoms with E-state index < -0.39 is 0 Å². The van der Waals surface area contributed by atoms with Gasteiger partial charge >= 0.3 is 0 Å². The zero-order valence-corrected chi connectivity index (χ0v) is 18.6. The summed E-state index contributed by atoms with van der Waals surface area (Å²) in [5.41, 5.74) is 2.41. The lowest BCUT2D eigenvalue weighted by atomic mass is 9.85. The first-order valence-corrected chi connectivity index (χ1v) is 10.6. The normalized spacial score (nSPS) is 24.2. The number of ether oxygens (including phenoxy) is 4. The molecular weight excluding hydrogens is 378 g/mol. The predicted octanol–water partition coefficient (Wildman–Crippen LogP) is 4.64. The van der Waals surface area contributed by atoms with Crippen LogP contribution in [0.4, 0.5) is 0 Å². The number of hydrogen-bond donors (Lipinski definition) is 0. The largest absolute Gasteiger partial charge is 0.493 e. The number of nitrogens with zero attached hydrogens (tertiary/aromatic N) is 1. The van der Waals surface area contributed by atoms with Gasteiger partial charge in [-0.1, -0.05) is 11.6 Å². The Morgan fingerprint density at radius 1 is 1.14 bits per heavy atom. The molecule has 2 fully saturated rings. The Kier molecular flexibility index (Phi) is 7.13. The maximum atomic E-state index is 6.61. The number of rotatable bonds is 3. The topological polar surface area (TPSA) is 40.2 Å². The molecule has 158 valence electrons. The predicted molar refractivity (Wildman–Crippen MR) is 112 cm³/mol. The number of halogens is 1. The van der Waals surface area contributed by atoms with E-state index in [1.165, 1.54) is 17.5 Å². The van der Waals surface area contributed by atoms with Crippen molar-refractivity contribution in [1.82, 2.24) is 4.90 Å². The highest BCUT2D eigenvalue weighted by molar-refractivity contribution is 6.33. The fourth-order valence-electron chi connectivity index (χ4n) is 4.16. The van der Waals surface area contributed by atoms with Gasteiger partial charge in [0.05, 0.1) is 30.9 Å². The zero-order valence-electron chi connectivity index (χ0n) is 17.8. The first kappa shape index (κ1) is 21.7. The summed E-state index contributed by atoms with van der Waals surface area (Å²) in [6.45, 7) is 10.4. The Hall–Kier alpha value is -1.01. The van der Waals surface area contributed by atoms with E-state index in [-0.39, 0.29) is 5.60 Å². The van der Waals surface area contributed by atoms with Crippen LogP contribution in [0.25, 0.3) is 0 Å². The van der Waals surface area contributed by atoms with Gasteiger partial charge in [0.25, 0.3) is 0 Å². The Morgan fingerprint density at radius 3 is 2.36 bits per heavy atom. The van der Waals surface area contributed by atoms with Gasteiger partial charge in [-0.2, -0.15) is 0 Å². The van der Waals surface area contributed by atoms with Gasteiger partial charge in [0.2, 0.25) is 0 Å².